The zero-order valence-electron chi connectivity index (χ0n) is 10.8. The Morgan fingerprint density at radius 2 is 1.47 bits per heavy atom. The molecule has 0 heterocycles. The molecule has 0 radical (unpaired) electrons. The van der Waals surface area contributed by atoms with E-state index in [0.717, 1.165) is 12.8 Å². The summed E-state index contributed by atoms with van der Waals surface area (Å²) in [6.07, 6.45) is 1.88. The van der Waals surface area contributed by atoms with Crippen molar-refractivity contribution in [3.8, 4) is 11.5 Å². The predicted molar refractivity (Wildman–Crippen MR) is 68.0 cm³/mol. The van der Waals surface area contributed by atoms with E-state index in [9.17, 15) is 4.79 Å². The zero-order chi connectivity index (χ0) is 12.7. The highest BCUT2D eigenvalue weighted by Gasteiger charge is 2.06. The number of rotatable bonds is 7. The van der Waals surface area contributed by atoms with Gasteiger partial charge in [0.2, 0.25) is 0 Å². The van der Waals surface area contributed by atoms with Crippen molar-refractivity contribution >= 4 is 5.78 Å². The largest absolute Gasteiger partial charge is 0.493 e. The van der Waals surface area contributed by atoms with Crippen LogP contribution in [-0.4, -0.2) is 19.0 Å². The summed E-state index contributed by atoms with van der Waals surface area (Å²) in [4.78, 5) is 11.4. The second-order valence-corrected chi connectivity index (χ2v) is 3.95. The number of carbonyl (C=O) groups is 1. The van der Waals surface area contributed by atoms with E-state index in [1.165, 1.54) is 0 Å². The van der Waals surface area contributed by atoms with Crippen molar-refractivity contribution in [2.45, 2.75) is 33.6 Å². The Morgan fingerprint density at radius 1 is 1.00 bits per heavy atom. The molecular weight excluding hydrogens is 216 g/mol. The maximum absolute atomic E-state index is 11.4. The first-order chi connectivity index (χ1) is 8.17. The van der Waals surface area contributed by atoms with Gasteiger partial charge in [0.25, 0.3) is 0 Å². The van der Waals surface area contributed by atoms with Crippen LogP contribution in [0.25, 0.3) is 0 Å². The summed E-state index contributed by atoms with van der Waals surface area (Å²) in [5.41, 5.74) is 0.629. The van der Waals surface area contributed by atoms with Gasteiger partial charge in [-0.25, -0.2) is 0 Å². The van der Waals surface area contributed by atoms with Crippen molar-refractivity contribution in [2.24, 2.45) is 0 Å². The summed E-state index contributed by atoms with van der Waals surface area (Å²) >= 11 is 0. The summed E-state index contributed by atoms with van der Waals surface area (Å²) < 4.78 is 11.1. The van der Waals surface area contributed by atoms with Crippen LogP contribution in [0, 0.1) is 0 Å². The molecule has 0 fully saturated rings. The van der Waals surface area contributed by atoms with Crippen LogP contribution in [0.15, 0.2) is 18.2 Å². The number of ketones is 1. The molecule has 0 saturated carbocycles. The van der Waals surface area contributed by atoms with Crippen LogP contribution in [0.4, 0.5) is 0 Å². The van der Waals surface area contributed by atoms with Crippen LogP contribution in [0.5, 0.6) is 11.5 Å². The van der Waals surface area contributed by atoms with Gasteiger partial charge in [-0.15, -0.1) is 0 Å². The Kier molecular flexibility index (Phi) is 5.53. The highest BCUT2D eigenvalue weighted by atomic mass is 16.5. The third-order valence-electron chi connectivity index (χ3n) is 2.23. The van der Waals surface area contributed by atoms with Crippen LogP contribution < -0.4 is 9.47 Å². The lowest BCUT2D eigenvalue weighted by molar-refractivity contribution is 0.101. The van der Waals surface area contributed by atoms with Gasteiger partial charge < -0.3 is 9.47 Å². The summed E-state index contributed by atoms with van der Waals surface area (Å²) in [5.74, 6) is 1.42. The molecule has 3 nitrogen and oxygen atoms in total. The Labute approximate surface area is 103 Å². The Bertz CT molecular complexity index is 345. The van der Waals surface area contributed by atoms with E-state index in [1.807, 2.05) is 19.9 Å². The van der Waals surface area contributed by atoms with Gasteiger partial charge in [0, 0.05) is 11.6 Å². The summed E-state index contributed by atoms with van der Waals surface area (Å²) in [7, 11) is 0. The Hall–Kier alpha value is -1.51. The normalized spacial score (nSPS) is 10.1. The van der Waals surface area contributed by atoms with E-state index in [4.69, 9.17) is 9.47 Å². The fraction of sp³-hybridized carbons (Fsp3) is 0.500. The van der Waals surface area contributed by atoms with E-state index in [-0.39, 0.29) is 5.78 Å². The average molecular weight is 236 g/mol. The first kappa shape index (κ1) is 13.6. The maximum Gasteiger partial charge on any atom is 0.160 e. The monoisotopic (exact) mass is 236 g/mol. The molecule has 0 atom stereocenters. The van der Waals surface area contributed by atoms with Crippen molar-refractivity contribution < 1.29 is 14.3 Å². The van der Waals surface area contributed by atoms with E-state index in [1.54, 1.807) is 19.1 Å². The molecule has 0 aliphatic rings. The van der Waals surface area contributed by atoms with Gasteiger partial charge in [0.15, 0.2) is 5.78 Å². The molecule has 94 valence electrons. The molecule has 1 aromatic carbocycles. The predicted octanol–water partition coefficient (Wildman–Crippen LogP) is 3.47. The average Bonchev–Trinajstić information content (AvgIpc) is 2.33. The summed E-state index contributed by atoms with van der Waals surface area (Å²) in [6.45, 7) is 6.93. The van der Waals surface area contributed by atoms with Crippen LogP contribution in [0.1, 0.15) is 44.0 Å². The second kappa shape index (κ2) is 6.94. The first-order valence-electron chi connectivity index (χ1n) is 6.09. The molecule has 17 heavy (non-hydrogen) atoms. The number of hydrogen-bond acceptors (Lipinski definition) is 3. The second-order valence-electron chi connectivity index (χ2n) is 3.95. The van der Waals surface area contributed by atoms with Gasteiger partial charge in [-0.05, 0) is 31.9 Å². The number of ether oxygens (including phenoxy) is 2. The molecule has 0 saturated heterocycles. The topological polar surface area (TPSA) is 35.5 Å². The minimum Gasteiger partial charge on any atom is -0.493 e. The number of benzene rings is 1. The minimum absolute atomic E-state index is 0.0216. The maximum atomic E-state index is 11.4. The van der Waals surface area contributed by atoms with E-state index < -0.39 is 0 Å². The zero-order valence-corrected chi connectivity index (χ0v) is 10.8. The standard InChI is InChI=1S/C14H20O3/c1-4-6-16-13-8-12(11(3)15)9-14(10-13)17-7-5-2/h8-10H,4-7H2,1-3H3. The van der Waals surface area contributed by atoms with Crippen LogP contribution in [0.3, 0.4) is 0 Å². The van der Waals surface area contributed by atoms with E-state index in [2.05, 4.69) is 0 Å². The van der Waals surface area contributed by atoms with Crippen molar-refractivity contribution in [2.75, 3.05) is 13.2 Å². The molecular formula is C14H20O3. The fourth-order valence-electron chi connectivity index (χ4n) is 1.38. The van der Waals surface area contributed by atoms with E-state index in [0.29, 0.717) is 30.3 Å². The van der Waals surface area contributed by atoms with Crippen LogP contribution >= 0.6 is 0 Å². The molecule has 0 unspecified atom stereocenters. The fourth-order valence-corrected chi connectivity index (χ4v) is 1.38. The Morgan fingerprint density at radius 3 is 1.82 bits per heavy atom. The van der Waals surface area contributed by atoms with Crippen molar-refractivity contribution in [3.05, 3.63) is 23.8 Å². The number of hydrogen-bond donors (Lipinski definition) is 0. The van der Waals surface area contributed by atoms with Gasteiger partial charge in [-0.3, -0.25) is 4.79 Å². The van der Waals surface area contributed by atoms with E-state index >= 15 is 0 Å². The first-order valence-corrected chi connectivity index (χ1v) is 6.09. The molecule has 1 aromatic rings. The van der Waals surface area contributed by atoms with Gasteiger partial charge in [0.05, 0.1) is 13.2 Å². The lowest BCUT2D eigenvalue weighted by Crippen LogP contribution is -2.01. The summed E-state index contributed by atoms with van der Waals surface area (Å²) in [5, 5.41) is 0. The molecule has 0 aromatic heterocycles. The molecule has 0 aliphatic heterocycles. The van der Waals surface area contributed by atoms with Crippen LogP contribution in [-0.2, 0) is 0 Å². The molecule has 0 amide bonds. The molecule has 1 rings (SSSR count). The minimum atomic E-state index is 0.0216. The molecule has 0 aliphatic carbocycles. The van der Waals surface area contributed by atoms with Gasteiger partial charge >= 0.3 is 0 Å². The number of carbonyl (C=O) groups excluding carboxylic acids is 1. The third-order valence-corrected chi connectivity index (χ3v) is 2.23. The van der Waals surface area contributed by atoms with Gasteiger partial charge in [0.1, 0.15) is 11.5 Å². The van der Waals surface area contributed by atoms with Crippen LogP contribution in [0.2, 0.25) is 0 Å². The third kappa shape index (κ3) is 4.47. The quantitative estimate of drug-likeness (QED) is 0.680. The smallest absolute Gasteiger partial charge is 0.160 e. The lowest BCUT2D eigenvalue weighted by Gasteiger charge is -2.10. The van der Waals surface area contributed by atoms with Gasteiger partial charge in [-0.1, -0.05) is 13.8 Å². The lowest BCUT2D eigenvalue weighted by atomic mass is 10.1. The SMILES string of the molecule is CCCOc1cc(OCCC)cc(C(C)=O)c1. The summed E-state index contributed by atoms with van der Waals surface area (Å²) in [6, 6.07) is 5.35. The molecule has 3 heteroatoms. The highest BCUT2D eigenvalue weighted by molar-refractivity contribution is 5.94. The molecule has 0 spiro atoms. The van der Waals surface area contributed by atoms with Crippen molar-refractivity contribution in [3.63, 3.8) is 0 Å². The number of Topliss-reactive ketones (excluding diaryl/α,β-unsaturated/α-hetero) is 1. The van der Waals surface area contributed by atoms with Gasteiger partial charge in [-0.2, -0.15) is 0 Å². The Balaban J connectivity index is 2.88. The van der Waals surface area contributed by atoms with Crippen molar-refractivity contribution in [1.29, 1.82) is 0 Å². The molecule has 0 bridgehead atoms. The highest BCUT2D eigenvalue weighted by Crippen LogP contribution is 2.23. The van der Waals surface area contributed by atoms with Crippen molar-refractivity contribution in [1.82, 2.24) is 0 Å². The molecule has 0 N–H and O–H groups in total.